The zero-order valence-electron chi connectivity index (χ0n) is 11.2. The van der Waals surface area contributed by atoms with E-state index in [2.05, 4.69) is 43.3 Å². The lowest BCUT2D eigenvalue weighted by atomic mass is 10.1. The molecular formula is C13H13BrN4S. The summed E-state index contributed by atoms with van der Waals surface area (Å²) in [6.07, 6.45) is 0. The Morgan fingerprint density at radius 2 is 1.95 bits per heavy atom. The lowest BCUT2D eigenvalue weighted by Gasteiger charge is -2.04. The van der Waals surface area contributed by atoms with Gasteiger partial charge >= 0.3 is 0 Å². The molecule has 0 aliphatic carbocycles. The summed E-state index contributed by atoms with van der Waals surface area (Å²) in [5.41, 5.74) is 5.22. The number of thiophene rings is 1. The van der Waals surface area contributed by atoms with Crippen LogP contribution in [-0.4, -0.2) is 19.7 Å². The second-order valence-corrected chi connectivity index (χ2v) is 6.28. The molecule has 0 saturated carbocycles. The zero-order chi connectivity index (χ0) is 13.7. The smallest absolute Gasteiger partial charge is 0.126 e. The minimum Gasteiger partial charge on any atom is -0.272 e. The van der Waals surface area contributed by atoms with Crippen molar-refractivity contribution in [2.45, 2.75) is 20.8 Å². The van der Waals surface area contributed by atoms with E-state index in [4.69, 9.17) is 0 Å². The van der Waals surface area contributed by atoms with Crippen LogP contribution in [0.2, 0.25) is 0 Å². The van der Waals surface area contributed by atoms with Crippen LogP contribution in [0.4, 0.5) is 0 Å². The predicted molar refractivity (Wildman–Crippen MR) is 81.5 cm³/mol. The van der Waals surface area contributed by atoms with Crippen LogP contribution < -0.4 is 0 Å². The maximum atomic E-state index is 4.65. The van der Waals surface area contributed by atoms with E-state index in [-0.39, 0.29) is 0 Å². The molecule has 0 bridgehead atoms. The third-order valence-electron chi connectivity index (χ3n) is 3.23. The van der Waals surface area contributed by atoms with Crippen molar-refractivity contribution >= 4 is 37.5 Å². The van der Waals surface area contributed by atoms with E-state index in [1.165, 1.54) is 0 Å². The fraction of sp³-hybridized carbons (Fsp3) is 0.308. The summed E-state index contributed by atoms with van der Waals surface area (Å²) in [5.74, 6) is 0.782. The Kier molecular flexibility index (Phi) is 2.94. The molecule has 3 aromatic rings. The summed E-state index contributed by atoms with van der Waals surface area (Å²) in [6, 6.07) is 0. The van der Waals surface area contributed by atoms with Gasteiger partial charge in [0.25, 0.3) is 0 Å². The molecule has 0 unspecified atom stereocenters. The molecule has 6 heteroatoms. The van der Waals surface area contributed by atoms with Crippen LogP contribution in [0.5, 0.6) is 0 Å². The van der Waals surface area contributed by atoms with Gasteiger partial charge in [0.05, 0.1) is 26.1 Å². The molecule has 0 saturated heterocycles. The standard InChI is InChI=1S/C13H13BrN4S/c1-6-10(7(2)18(4)17-6)12-13-11(9(14)5-19-13)15-8(3)16-12/h5H,1-4H3. The van der Waals surface area contributed by atoms with Crippen molar-refractivity contribution in [2.75, 3.05) is 0 Å². The highest BCUT2D eigenvalue weighted by Crippen LogP contribution is 2.37. The summed E-state index contributed by atoms with van der Waals surface area (Å²) in [4.78, 5) is 9.16. The second-order valence-electron chi connectivity index (χ2n) is 4.55. The zero-order valence-corrected chi connectivity index (χ0v) is 13.6. The topological polar surface area (TPSA) is 43.6 Å². The number of fused-ring (bicyclic) bond motifs is 1. The van der Waals surface area contributed by atoms with Crippen LogP contribution in [0.25, 0.3) is 21.5 Å². The van der Waals surface area contributed by atoms with Crippen LogP contribution in [0.1, 0.15) is 17.2 Å². The molecule has 0 atom stereocenters. The van der Waals surface area contributed by atoms with Crippen molar-refractivity contribution in [2.24, 2.45) is 7.05 Å². The first-order valence-electron chi connectivity index (χ1n) is 5.91. The third kappa shape index (κ3) is 1.90. The van der Waals surface area contributed by atoms with Gasteiger partial charge in [-0.2, -0.15) is 5.10 Å². The molecule has 3 aromatic heterocycles. The molecule has 0 aliphatic rings. The molecule has 0 aliphatic heterocycles. The lowest BCUT2D eigenvalue weighted by Crippen LogP contribution is -1.95. The highest BCUT2D eigenvalue weighted by Gasteiger charge is 2.18. The summed E-state index contributed by atoms with van der Waals surface area (Å²) in [7, 11) is 1.96. The van der Waals surface area contributed by atoms with Crippen molar-refractivity contribution in [1.82, 2.24) is 19.7 Å². The Bertz CT molecular complexity index is 788. The Morgan fingerprint density at radius 1 is 1.21 bits per heavy atom. The molecule has 0 aromatic carbocycles. The highest BCUT2D eigenvalue weighted by atomic mass is 79.9. The van der Waals surface area contributed by atoms with Crippen molar-refractivity contribution in [3.63, 3.8) is 0 Å². The van der Waals surface area contributed by atoms with Crippen LogP contribution in [0.3, 0.4) is 0 Å². The fourth-order valence-electron chi connectivity index (χ4n) is 2.29. The van der Waals surface area contributed by atoms with Gasteiger partial charge in [0.1, 0.15) is 5.82 Å². The first-order chi connectivity index (χ1) is 8.99. The molecule has 98 valence electrons. The summed E-state index contributed by atoms with van der Waals surface area (Å²) >= 11 is 5.21. The average molecular weight is 337 g/mol. The lowest BCUT2D eigenvalue weighted by molar-refractivity contribution is 0.731. The quantitative estimate of drug-likeness (QED) is 0.679. The van der Waals surface area contributed by atoms with E-state index >= 15 is 0 Å². The maximum Gasteiger partial charge on any atom is 0.126 e. The van der Waals surface area contributed by atoms with Gasteiger partial charge in [-0.05, 0) is 36.7 Å². The van der Waals surface area contributed by atoms with Crippen LogP contribution >= 0.6 is 27.3 Å². The van der Waals surface area contributed by atoms with Crippen molar-refractivity contribution in [3.8, 4) is 11.3 Å². The minimum absolute atomic E-state index is 0.782. The molecule has 19 heavy (non-hydrogen) atoms. The summed E-state index contributed by atoms with van der Waals surface area (Å²) in [6.45, 7) is 6.02. The van der Waals surface area contributed by atoms with Crippen LogP contribution in [-0.2, 0) is 7.05 Å². The number of nitrogens with zero attached hydrogens (tertiary/aromatic N) is 4. The molecular weight excluding hydrogens is 324 g/mol. The van der Waals surface area contributed by atoms with E-state index in [0.717, 1.165) is 43.2 Å². The Labute approximate surface area is 123 Å². The van der Waals surface area contributed by atoms with Gasteiger partial charge in [-0.25, -0.2) is 9.97 Å². The molecule has 0 spiro atoms. The highest BCUT2D eigenvalue weighted by molar-refractivity contribution is 9.10. The van der Waals surface area contributed by atoms with E-state index in [1.54, 1.807) is 11.3 Å². The Morgan fingerprint density at radius 3 is 2.58 bits per heavy atom. The number of aromatic nitrogens is 4. The van der Waals surface area contributed by atoms with Crippen molar-refractivity contribution in [1.29, 1.82) is 0 Å². The van der Waals surface area contributed by atoms with E-state index in [9.17, 15) is 0 Å². The molecule has 3 heterocycles. The predicted octanol–water partition coefficient (Wildman–Crippen LogP) is 3.78. The average Bonchev–Trinajstić information content (AvgIpc) is 2.82. The summed E-state index contributed by atoms with van der Waals surface area (Å²) < 4.78 is 4.03. The van der Waals surface area contributed by atoms with Gasteiger partial charge in [-0.15, -0.1) is 11.3 Å². The van der Waals surface area contributed by atoms with Crippen molar-refractivity contribution < 1.29 is 0 Å². The molecule has 0 radical (unpaired) electrons. The second kappa shape index (κ2) is 4.38. The number of rotatable bonds is 1. The van der Waals surface area contributed by atoms with E-state index < -0.39 is 0 Å². The number of hydrogen-bond donors (Lipinski definition) is 0. The molecule has 3 rings (SSSR count). The fourth-order valence-corrected chi connectivity index (χ4v) is 3.85. The first kappa shape index (κ1) is 12.7. The number of aryl methyl sites for hydroxylation is 3. The van der Waals surface area contributed by atoms with Gasteiger partial charge in [0, 0.05) is 23.7 Å². The summed E-state index contributed by atoms with van der Waals surface area (Å²) in [5, 5.41) is 6.54. The molecule has 0 fully saturated rings. The number of hydrogen-bond acceptors (Lipinski definition) is 4. The van der Waals surface area contributed by atoms with E-state index in [0.29, 0.717) is 0 Å². The van der Waals surface area contributed by atoms with Gasteiger partial charge in [-0.3, -0.25) is 4.68 Å². The largest absolute Gasteiger partial charge is 0.272 e. The van der Waals surface area contributed by atoms with E-state index in [1.807, 2.05) is 25.6 Å². The normalized spacial score (nSPS) is 11.4. The van der Waals surface area contributed by atoms with Gasteiger partial charge in [0.15, 0.2) is 0 Å². The monoisotopic (exact) mass is 336 g/mol. The minimum atomic E-state index is 0.782. The van der Waals surface area contributed by atoms with Gasteiger partial charge in [-0.1, -0.05) is 0 Å². The van der Waals surface area contributed by atoms with Crippen LogP contribution in [0.15, 0.2) is 9.85 Å². The third-order valence-corrected chi connectivity index (χ3v) is 5.11. The number of halogens is 1. The molecule has 0 amide bonds. The van der Waals surface area contributed by atoms with Gasteiger partial charge in [0.2, 0.25) is 0 Å². The maximum absolute atomic E-state index is 4.65. The Balaban J connectivity index is 2.42. The SMILES string of the molecule is Cc1nc(-c2c(C)nn(C)c2C)c2scc(Br)c2n1. The molecule has 0 N–H and O–H groups in total. The Hall–Kier alpha value is -1.27. The van der Waals surface area contributed by atoms with Crippen LogP contribution in [0, 0.1) is 20.8 Å². The first-order valence-corrected chi connectivity index (χ1v) is 7.58. The molecule has 4 nitrogen and oxygen atoms in total. The van der Waals surface area contributed by atoms with Crippen molar-refractivity contribution in [3.05, 3.63) is 27.1 Å². The van der Waals surface area contributed by atoms with Gasteiger partial charge < -0.3 is 0 Å².